The highest BCUT2D eigenvalue weighted by Gasteiger charge is 2.40. The van der Waals surface area contributed by atoms with Crippen molar-refractivity contribution in [3.8, 4) is 5.75 Å². The van der Waals surface area contributed by atoms with E-state index < -0.39 is 0 Å². The Morgan fingerprint density at radius 1 is 1.29 bits per heavy atom. The molecule has 0 atom stereocenters. The molecular formula is C21H29N3O4. The van der Waals surface area contributed by atoms with Crippen molar-refractivity contribution in [2.45, 2.75) is 50.6 Å². The zero-order chi connectivity index (χ0) is 19.7. The Kier molecular flexibility index (Phi) is 5.19. The van der Waals surface area contributed by atoms with Gasteiger partial charge in [-0.25, -0.2) is 9.59 Å². The minimum Gasteiger partial charge on any atom is -0.494 e. The summed E-state index contributed by atoms with van der Waals surface area (Å²) in [5.74, 6) is 0.926. The number of nitrogens with one attached hydrogen (secondary N) is 2. The van der Waals surface area contributed by atoms with E-state index in [4.69, 9.17) is 9.47 Å². The minimum absolute atomic E-state index is 0.0560. The lowest BCUT2D eigenvalue weighted by Gasteiger charge is -2.38. The highest BCUT2D eigenvalue weighted by Crippen LogP contribution is 2.44. The molecule has 1 spiro atoms. The first kappa shape index (κ1) is 19.1. The van der Waals surface area contributed by atoms with E-state index in [-0.39, 0.29) is 17.5 Å². The molecule has 7 nitrogen and oxygen atoms in total. The minimum atomic E-state index is -0.293. The average Bonchev–Trinajstić information content (AvgIpc) is 3.48. The van der Waals surface area contributed by atoms with Gasteiger partial charge in [0.1, 0.15) is 5.75 Å². The third-order valence-electron chi connectivity index (χ3n) is 6.13. The van der Waals surface area contributed by atoms with Crippen LogP contribution in [0.2, 0.25) is 0 Å². The molecule has 3 fully saturated rings. The van der Waals surface area contributed by atoms with Gasteiger partial charge < -0.3 is 20.1 Å². The lowest BCUT2D eigenvalue weighted by atomic mass is 9.88. The number of esters is 1. The number of nitrogens with zero attached hydrogens (tertiary/aromatic N) is 1. The van der Waals surface area contributed by atoms with Gasteiger partial charge in [-0.05, 0) is 56.2 Å². The van der Waals surface area contributed by atoms with Crippen LogP contribution in [-0.2, 0) is 11.3 Å². The normalized spacial score (nSPS) is 21.3. The maximum absolute atomic E-state index is 12.3. The van der Waals surface area contributed by atoms with Crippen LogP contribution in [0.15, 0.2) is 12.1 Å². The van der Waals surface area contributed by atoms with Gasteiger partial charge in [0.25, 0.3) is 0 Å². The highest BCUT2D eigenvalue weighted by molar-refractivity contribution is 5.92. The van der Waals surface area contributed by atoms with E-state index >= 15 is 0 Å². The second-order valence-electron chi connectivity index (χ2n) is 8.11. The molecule has 0 bridgehead atoms. The van der Waals surface area contributed by atoms with Crippen molar-refractivity contribution in [3.05, 3.63) is 28.8 Å². The Labute approximate surface area is 165 Å². The van der Waals surface area contributed by atoms with Crippen molar-refractivity contribution in [2.75, 3.05) is 33.4 Å². The molecule has 2 N–H and O–H groups in total. The van der Waals surface area contributed by atoms with Crippen molar-refractivity contribution in [3.63, 3.8) is 0 Å². The quantitative estimate of drug-likeness (QED) is 0.733. The predicted molar refractivity (Wildman–Crippen MR) is 105 cm³/mol. The summed E-state index contributed by atoms with van der Waals surface area (Å²) in [6.07, 6.45) is 4.11. The molecular weight excluding hydrogens is 358 g/mol. The fraction of sp³-hybridized carbons (Fsp3) is 0.619. The molecule has 1 saturated carbocycles. The third kappa shape index (κ3) is 3.81. The Bertz CT molecular complexity index is 767. The average molecular weight is 387 g/mol. The fourth-order valence-corrected chi connectivity index (χ4v) is 4.34. The number of hydrogen-bond donors (Lipinski definition) is 2. The largest absolute Gasteiger partial charge is 0.494 e. The van der Waals surface area contributed by atoms with Crippen LogP contribution in [0, 0.1) is 0 Å². The number of carbonyl (C=O) groups is 2. The molecule has 2 saturated heterocycles. The van der Waals surface area contributed by atoms with Crippen molar-refractivity contribution in [1.29, 1.82) is 0 Å². The van der Waals surface area contributed by atoms with Crippen LogP contribution in [0.25, 0.3) is 0 Å². The number of methoxy groups -OCH3 is 1. The molecule has 28 heavy (non-hydrogen) atoms. The van der Waals surface area contributed by atoms with Crippen LogP contribution >= 0.6 is 0 Å². The molecule has 0 radical (unpaired) electrons. The van der Waals surface area contributed by atoms with Gasteiger partial charge in [0.05, 0.1) is 24.8 Å². The Hall–Kier alpha value is -2.28. The van der Waals surface area contributed by atoms with E-state index in [2.05, 4.69) is 21.6 Å². The zero-order valence-corrected chi connectivity index (χ0v) is 16.7. The van der Waals surface area contributed by atoms with Gasteiger partial charge in [-0.15, -0.1) is 0 Å². The SMILES string of the molecule is CCOc1cc(C(=O)OC)c(C2CC2)cc1CN1CCC2(CC1)CNC(=O)N2. The van der Waals surface area contributed by atoms with Crippen LogP contribution in [0.3, 0.4) is 0 Å². The lowest BCUT2D eigenvalue weighted by Crippen LogP contribution is -2.52. The first-order valence-electron chi connectivity index (χ1n) is 10.2. The van der Waals surface area contributed by atoms with Gasteiger partial charge in [-0.1, -0.05) is 0 Å². The second-order valence-corrected chi connectivity index (χ2v) is 8.11. The number of carbonyl (C=O) groups excluding carboxylic acids is 2. The van der Waals surface area contributed by atoms with Gasteiger partial charge in [-0.2, -0.15) is 0 Å². The maximum atomic E-state index is 12.3. The molecule has 152 valence electrons. The Morgan fingerprint density at radius 2 is 2.04 bits per heavy atom. The Balaban J connectivity index is 1.53. The van der Waals surface area contributed by atoms with Crippen molar-refractivity contribution >= 4 is 12.0 Å². The van der Waals surface area contributed by atoms with Crippen LogP contribution in [0.5, 0.6) is 5.75 Å². The first-order chi connectivity index (χ1) is 13.5. The standard InChI is InChI=1S/C21H29N3O4/c1-3-28-18-11-17(19(25)27-2)16(14-4-5-14)10-15(18)12-24-8-6-21(7-9-24)13-22-20(26)23-21/h10-11,14H,3-9,12-13H2,1-2H3,(H2,22,23,26). The molecule has 7 heteroatoms. The van der Waals surface area contributed by atoms with Gasteiger partial charge >= 0.3 is 12.0 Å². The second kappa shape index (κ2) is 7.62. The summed E-state index contributed by atoms with van der Waals surface area (Å²) in [6, 6.07) is 3.96. The number of likely N-dealkylation sites (tertiary alicyclic amines) is 1. The van der Waals surface area contributed by atoms with Crippen LogP contribution < -0.4 is 15.4 Å². The van der Waals surface area contributed by atoms with E-state index in [1.54, 1.807) is 0 Å². The van der Waals surface area contributed by atoms with Crippen LogP contribution in [0.1, 0.15) is 60.0 Å². The molecule has 0 aromatic heterocycles. The number of hydrogen-bond acceptors (Lipinski definition) is 5. The van der Waals surface area contributed by atoms with E-state index in [0.717, 1.165) is 62.2 Å². The van der Waals surface area contributed by atoms with E-state index in [1.165, 1.54) is 7.11 Å². The van der Waals surface area contributed by atoms with E-state index in [1.807, 2.05) is 13.0 Å². The number of amides is 2. The van der Waals surface area contributed by atoms with E-state index in [0.29, 0.717) is 24.6 Å². The summed E-state index contributed by atoms with van der Waals surface area (Å²) < 4.78 is 10.9. The summed E-state index contributed by atoms with van der Waals surface area (Å²) in [7, 11) is 1.42. The van der Waals surface area contributed by atoms with Gasteiger partial charge in [0.2, 0.25) is 0 Å². The molecule has 1 aliphatic carbocycles. The first-order valence-corrected chi connectivity index (χ1v) is 10.2. The summed E-state index contributed by atoms with van der Waals surface area (Å²) >= 11 is 0. The number of rotatable bonds is 6. The third-order valence-corrected chi connectivity index (χ3v) is 6.13. The summed E-state index contributed by atoms with van der Waals surface area (Å²) in [6.45, 7) is 5.85. The van der Waals surface area contributed by atoms with Crippen LogP contribution in [0.4, 0.5) is 4.79 Å². The topological polar surface area (TPSA) is 79.9 Å². The molecule has 2 amide bonds. The lowest BCUT2D eigenvalue weighted by molar-refractivity contribution is 0.0598. The molecule has 2 heterocycles. The smallest absolute Gasteiger partial charge is 0.338 e. The van der Waals surface area contributed by atoms with Gasteiger partial charge in [0.15, 0.2) is 0 Å². The van der Waals surface area contributed by atoms with Crippen molar-refractivity contribution in [2.24, 2.45) is 0 Å². The zero-order valence-electron chi connectivity index (χ0n) is 16.7. The summed E-state index contributed by atoms with van der Waals surface area (Å²) in [5, 5.41) is 5.98. The number of ether oxygens (including phenoxy) is 2. The summed E-state index contributed by atoms with van der Waals surface area (Å²) in [4.78, 5) is 26.2. The molecule has 3 aliphatic rings. The molecule has 1 aromatic carbocycles. The fourth-order valence-electron chi connectivity index (χ4n) is 4.34. The number of benzene rings is 1. The Morgan fingerprint density at radius 3 is 2.61 bits per heavy atom. The van der Waals surface area contributed by atoms with Crippen molar-refractivity contribution in [1.82, 2.24) is 15.5 Å². The monoisotopic (exact) mass is 387 g/mol. The van der Waals surface area contributed by atoms with Gasteiger partial charge in [0, 0.05) is 31.7 Å². The molecule has 0 unspecified atom stereocenters. The molecule has 2 aliphatic heterocycles. The number of piperidine rings is 1. The van der Waals surface area contributed by atoms with Gasteiger partial charge in [-0.3, -0.25) is 4.90 Å². The molecule has 4 rings (SSSR count). The van der Waals surface area contributed by atoms with Crippen molar-refractivity contribution < 1.29 is 19.1 Å². The molecule has 1 aromatic rings. The highest BCUT2D eigenvalue weighted by atomic mass is 16.5. The number of urea groups is 1. The maximum Gasteiger partial charge on any atom is 0.338 e. The predicted octanol–water partition coefficient (Wildman–Crippen LogP) is 2.40. The van der Waals surface area contributed by atoms with E-state index in [9.17, 15) is 9.59 Å². The summed E-state index contributed by atoms with van der Waals surface area (Å²) in [5.41, 5.74) is 2.76. The van der Waals surface area contributed by atoms with Crippen LogP contribution in [-0.4, -0.2) is 55.8 Å².